The van der Waals surface area contributed by atoms with Gasteiger partial charge in [0.05, 0.1) is 5.69 Å². The van der Waals surface area contributed by atoms with Crippen LogP contribution in [-0.4, -0.2) is 63.7 Å². The molecule has 0 radical (unpaired) electrons. The summed E-state index contributed by atoms with van der Waals surface area (Å²) >= 11 is 0. The fourth-order valence-corrected chi connectivity index (χ4v) is 4.17. The number of amides is 1. The number of rotatable bonds is 5. The van der Waals surface area contributed by atoms with Gasteiger partial charge in [0, 0.05) is 43.8 Å². The number of nitrogens with zero attached hydrogens (tertiary/aromatic N) is 4. The summed E-state index contributed by atoms with van der Waals surface area (Å²) in [6.45, 7) is 11.8. The molecule has 2 aliphatic heterocycles. The van der Waals surface area contributed by atoms with Gasteiger partial charge in [-0.3, -0.25) is 4.40 Å². The van der Waals surface area contributed by atoms with Gasteiger partial charge in [-0.25, -0.2) is 14.8 Å². The SMILES string of the molecule is CC(C)c1cn2c(C(C)C)cnc2c(NC2CCN(C(=O)O[C@H]3CCNC3)CC2)n1. The minimum Gasteiger partial charge on any atom is -0.445 e. The van der Waals surface area contributed by atoms with E-state index >= 15 is 0 Å². The quantitative estimate of drug-likeness (QED) is 0.781. The van der Waals surface area contributed by atoms with Crippen LogP contribution in [0.15, 0.2) is 12.4 Å². The predicted molar refractivity (Wildman–Crippen MR) is 117 cm³/mol. The van der Waals surface area contributed by atoms with Crippen LogP contribution in [0, 0.1) is 0 Å². The molecule has 0 unspecified atom stereocenters. The van der Waals surface area contributed by atoms with Crippen molar-refractivity contribution in [3.05, 3.63) is 23.8 Å². The lowest BCUT2D eigenvalue weighted by Gasteiger charge is -2.32. The van der Waals surface area contributed by atoms with Crippen molar-refractivity contribution in [2.24, 2.45) is 0 Å². The number of imidazole rings is 1. The standard InChI is InChI=1S/C22H34N6O2/c1-14(2)18-13-28-19(15(3)4)12-24-21(28)20(26-18)25-16-6-9-27(10-7-16)22(29)30-17-5-8-23-11-17/h12-17,23H,5-11H2,1-4H3,(H,25,26)/t17-/m0/s1. The number of likely N-dealkylation sites (tertiary alicyclic amines) is 1. The number of carbonyl (C=O) groups excluding carboxylic acids is 1. The van der Waals surface area contributed by atoms with Gasteiger partial charge in [-0.1, -0.05) is 27.7 Å². The molecule has 2 saturated heterocycles. The van der Waals surface area contributed by atoms with E-state index in [0.717, 1.165) is 49.5 Å². The van der Waals surface area contributed by atoms with Gasteiger partial charge in [0.25, 0.3) is 0 Å². The van der Waals surface area contributed by atoms with Crippen LogP contribution in [-0.2, 0) is 4.74 Å². The van der Waals surface area contributed by atoms with Crippen LogP contribution in [0.3, 0.4) is 0 Å². The lowest BCUT2D eigenvalue weighted by molar-refractivity contribution is 0.0641. The Balaban J connectivity index is 1.44. The van der Waals surface area contributed by atoms with Crippen molar-refractivity contribution in [1.82, 2.24) is 24.6 Å². The number of piperidine rings is 1. The van der Waals surface area contributed by atoms with Crippen molar-refractivity contribution in [3.8, 4) is 0 Å². The van der Waals surface area contributed by atoms with Crippen molar-refractivity contribution in [2.45, 2.75) is 70.9 Å². The zero-order valence-corrected chi connectivity index (χ0v) is 18.5. The number of carbonyl (C=O) groups is 1. The van der Waals surface area contributed by atoms with E-state index in [0.29, 0.717) is 24.9 Å². The lowest BCUT2D eigenvalue weighted by Crippen LogP contribution is -2.44. The Morgan fingerprint density at radius 2 is 1.97 bits per heavy atom. The first-order valence-corrected chi connectivity index (χ1v) is 11.2. The van der Waals surface area contributed by atoms with E-state index in [-0.39, 0.29) is 18.2 Å². The Labute approximate surface area is 178 Å². The third-order valence-electron chi connectivity index (χ3n) is 6.10. The molecule has 0 bridgehead atoms. The molecule has 4 rings (SSSR count). The molecule has 8 nitrogen and oxygen atoms in total. The van der Waals surface area contributed by atoms with Crippen molar-refractivity contribution in [2.75, 3.05) is 31.5 Å². The van der Waals surface area contributed by atoms with Crippen LogP contribution in [0.1, 0.15) is 70.2 Å². The Hall–Kier alpha value is -2.35. The molecule has 2 aliphatic rings. The molecule has 0 spiro atoms. The molecule has 1 atom stereocenters. The summed E-state index contributed by atoms with van der Waals surface area (Å²) < 4.78 is 7.79. The Kier molecular flexibility index (Phi) is 6.13. The van der Waals surface area contributed by atoms with E-state index in [1.807, 2.05) is 11.1 Å². The summed E-state index contributed by atoms with van der Waals surface area (Å²) in [5.41, 5.74) is 3.12. The first-order valence-electron chi connectivity index (χ1n) is 11.2. The molecular weight excluding hydrogens is 380 g/mol. The van der Waals surface area contributed by atoms with Gasteiger partial charge in [0.15, 0.2) is 11.5 Å². The number of aromatic nitrogens is 3. The van der Waals surface area contributed by atoms with Gasteiger partial charge < -0.3 is 20.3 Å². The summed E-state index contributed by atoms with van der Waals surface area (Å²) in [6.07, 6.45) is 6.54. The van der Waals surface area contributed by atoms with E-state index < -0.39 is 0 Å². The van der Waals surface area contributed by atoms with Gasteiger partial charge in [0.2, 0.25) is 0 Å². The molecule has 30 heavy (non-hydrogen) atoms. The fraction of sp³-hybridized carbons (Fsp3) is 0.682. The van der Waals surface area contributed by atoms with Crippen molar-refractivity contribution < 1.29 is 9.53 Å². The summed E-state index contributed by atoms with van der Waals surface area (Å²) in [7, 11) is 0. The average molecular weight is 415 g/mol. The van der Waals surface area contributed by atoms with E-state index in [1.54, 1.807) is 0 Å². The Morgan fingerprint density at radius 3 is 2.60 bits per heavy atom. The molecule has 0 aliphatic carbocycles. The number of anilines is 1. The van der Waals surface area contributed by atoms with E-state index in [1.165, 1.54) is 5.69 Å². The minimum atomic E-state index is -0.181. The average Bonchev–Trinajstić information content (AvgIpc) is 3.38. The van der Waals surface area contributed by atoms with Gasteiger partial charge in [-0.15, -0.1) is 0 Å². The summed E-state index contributed by atoms with van der Waals surface area (Å²) in [4.78, 5) is 23.8. The summed E-state index contributed by atoms with van der Waals surface area (Å²) in [5, 5.41) is 6.85. The summed E-state index contributed by atoms with van der Waals surface area (Å²) in [5.74, 6) is 1.56. The van der Waals surface area contributed by atoms with Crippen molar-refractivity contribution in [3.63, 3.8) is 0 Å². The maximum Gasteiger partial charge on any atom is 0.410 e. The van der Waals surface area contributed by atoms with Gasteiger partial charge in [-0.05, 0) is 37.6 Å². The maximum atomic E-state index is 12.4. The van der Waals surface area contributed by atoms with Crippen LogP contribution >= 0.6 is 0 Å². The van der Waals surface area contributed by atoms with Crippen LogP contribution < -0.4 is 10.6 Å². The normalized spacial score (nSPS) is 20.5. The lowest BCUT2D eigenvalue weighted by atomic mass is 10.1. The van der Waals surface area contributed by atoms with Crippen LogP contribution in [0.2, 0.25) is 0 Å². The topological polar surface area (TPSA) is 83.8 Å². The van der Waals surface area contributed by atoms with Crippen LogP contribution in [0.4, 0.5) is 10.6 Å². The second kappa shape index (κ2) is 8.79. The molecule has 8 heteroatoms. The molecule has 2 aromatic rings. The predicted octanol–water partition coefficient (Wildman–Crippen LogP) is 3.35. The first kappa shape index (κ1) is 20.9. The smallest absolute Gasteiger partial charge is 0.410 e. The van der Waals surface area contributed by atoms with E-state index in [2.05, 4.69) is 53.9 Å². The molecule has 0 aromatic carbocycles. The fourth-order valence-electron chi connectivity index (χ4n) is 4.17. The minimum absolute atomic E-state index is 0.0141. The number of hydrogen-bond donors (Lipinski definition) is 2. The van der Waals surface area contributed by atoms with Crippen molar-refractivity contribution >= 4 is 17.6 Å². The number of fused-ring (bicyclic) bond motifs is 1. The molecule has 2 fully saturated rings. The molecule has 164 valence electrons. The monoisotopic (exact) mass is 414 g/mol. The number of nitrogens with one attached hydrogen (secondary N) is 2. The highest BCUT2D eigenvalue weighted by Gasteiger charge is 2.28. The summed E-state index contributed by atoms with van der Waals surface area (Å²) in [6, 6.07) is 0.264. The van der Waals surface area contributed by atoms with E-state index in [4.69, 9.17) is 9.72 Å². The highest BCUT2D eigenvalue weighted by molar-refractivity contribution is 5.68. The third kappa shape index (κ3) is 4.38. The molecule has 2 N–H and O–H groups in total. The largest absolute Gasteiger partial charge is 0.445 e. The molecule has 1 amide bonds. The number of ether oxygens (including phenoxy) is 1. The first-order chi connectivity index (χ1) is 14.4. The highest BCUT2D eigenvalue weighted by Crippen LogP contribution is 2.26. The second-order valence-electron chi connectivity index (χ2n) is 9.10. The molecular formula is C22H34N6O2. The maximum absolute atomic E-state index is 12.4. The van der Waals surface area contributed by atoms with Crippen LogP contribution in [0.25, 0.3) is 5.65 Å². The highest BCUT2D eigenvalue weighted by atomic mass is 16.6. The van der Waals surface area contributed by atoms with Crippen LogP contribution in [0.5, 0.6) is 0 Å². The van der Waals surface area contributed by atoms with Gasteiger partial charge in [-0.2, -0.15) is 0 Å². The Morgan fingerprint density at radius 1 is 1.20 bits per heavy atom. The van der Waals surface area contributed by atoms with E-state index in [9.17, 15) is 4.79 Å². The van der Waals surface area contributed by atoms with Crippen molar-refractivity contribution in [1.29, 1.82) is 0 Å². The third-order valence-corrected chi connectivity index (χ3v) is 6.10. The second-order valence-corrected chi connectivity index (χ2v) is 9.10. The zero-order valence-electron chi connectivity index (χ0n) is 18.5. The number of hydrogen-bond acceptors (Lipinski definition) is 6. The Bertz CT molecular complexity index is 879. The molecule has 4 heterocycles. The van der Waals surface area contributed by atoms with Gasteiger partial charge in [0.1, 0.15) is 6.10 Å². The molecule has 0 saturated carbocycles. The molecule has 2 aromatic heterocycles. The zero-order chi connectivity index (χ0) is 21.3. The van der Waals surface area contributed by atoms with Gasteiger partial charge >= 0.3 is 6.09 Å².